The minimum Gasteiger partial charge on any atom is -0.310 e. The van der Waals surface area contributed by atoms with Gasteiger partial charge in [0.05, 0.1) is 5.69 Å². The molecule has 0 atom stereocenters. The summed E-state index contributed by atoms with van der Waals surface area (Å²) in [5.74, 6) is 2.00. The highest BCUT2D eigenvalue weighted by Gasteiger charge is 2.26. The van der Waals surface area contributed by atoms with Crippen molar-refractivity contribution in [2.24, 2.45) is 0 Å². The van der Waals surface area contributed by atoms with Crippen LogP contribution in [0.3, 0.4) is 0 Å². The molecule has 0 bridgehead atoms. The minimum absolute atomic E-state index is 0.180. The maximum absolute atomic E-state index is 12.8. The van der Waals surface area contributed by atoms with E-state index in [1.165, 1.54) is 12.8 Å². The van der Waals surface area contributed by atoms with Crippen molar-refractivity contribution in [1.82, 2.24) is 34.3 Å². The molecule has 4 aromatic rings. The molecule has 9 nitrogen and oxygen atoms in total. The number of rotatable bonds is 6. The predicted molar refractivity (Wildman–Crippen MR) is 115 cm³/mol. The lowest BCUT2D eigenvalue weighted by atomic mass is 10.2. The topological polar surface area (TPSA) is 103 Å². The number of carbonyl (C=O) groups is 1. The molecule has 1 amide bonds. The lowest BCUT2D eigenvalue weighted by molar-refractivity contribution is 0.102. The molecule has 156 valence electrons. The van der Waals surface area contributed by atoms with Crippen LogP contribution in [0.5, 0.6) is 0 Å². The third-order valence-electron chi connectivity index (χ3n) is 5.18. The second kappa shape index (κ2) is 7.75. The van der Waals surface area contributed by atoms with Gasteiger partial charge in [0.1, 0.15) is 35.7 Å². The number of nitrogens with zero attached hydrogens (tertiary/aromatic N) is 7. The molecule has 5 rings (SSSR count). The molecule has 1 N–H and O–H groups in total. The van der Waals surface area contributed by atoms with Gasteiger partial charge in [-0.05, 0) is 51.0 Å². The lowest BCUT2D eigenvalue weighted by Gasteiger charge is -2.10. The van der Waals surface area contributed by atoms with Gasteiger partial charge >= 0.3 is 0 Å². The van der Waals surface area contributed by atoms with Gasteiger partial charge in [-0.2, -0.15) is 0 Å². The molecule has 0 aliphatic heterocycles. The van der Waals surface area contributed by atoms with E-state index < -0.39 is 0 Å². The van der Waals surface area contributed by atoms with Crippen LogP contribution in [0.15, 0.2) is 55.2 Å². The highest BCUT2D eigenvalue weighted by Crippen LogP contribution is 2.39. The Bertz CT molecular complexity index is 1240. The standard InChI is InChI=1S/C22H22N8O/c1-14(2)30-13-24-28-21(30)16-5-3-6-17(25-16)22(31)27-19-7-4-8-20(26-19)29-11-18(23-12-29)15-9-10-15/h3-8,11-15H,9-10H2,1-2H3,(H,26,27,31). The van der Waals surface area contributed by atoms with Crippen LogP contribution in [0.1, 0.15) is 54.8 Å². The Morgan fingerprint density at radius 3 is 2.74 bits per heavy atom. The summed E-state index contributed by atoms with van der Waals surface area (Å²) in [5.41, 5.74) is 1.96. The molecular formula is C22H22N8O. The highest BCUT2D eigenvalue weighted by atomic mass is 16.1. The van der Waals surface area contributed by atoms with Crippen molar-refractivity contribution >= 4 is 11.7 Å². The van der Waals surface area contributed by atoms with Crippen molar-refractivity contribution in [2.75, 3.05) is 5.32 Å². The van der Waals surface area contributed by atoms with Crippen molar-refractivity contribution < 1.29 is 4.79 Å². The maximum Gasteiger partial charge on any atom is 0.275 e. The third kappa shape index (κ3) is 3.94. The molecule has 1 aliphatic rings. The maximum atomic E-state index is 12.8. The average molecular weight is 414 g/mol. The number of nitrogens with one attached hydrogen (secondary N) is 1. The van der Waals surface area contributed by atoms with Gasteiger partial charge in [0, 0.05) is 18.2 Å². The van der Waals surface area contributed by atoms with E-state index in [4.69, 9.17) is 0 Å². The summed E-state index contributed by atoms with van der Waals surface area (Å²) in [6.07, 6.45) is 7.81. The summed E-state index contributed by atoms with van der Waals surface area (Å²) in [4.78, 5) is 26.3. The van der Waals surface area contributed by atoms with Crippen molar-refractivity contribution in [3.8, 4) is 17.3 Å². The molecule has 1 saturated carbocycles. The fourth-order valence-corrected chi connectivity index (χ4v) is 3.36. The van der Waals surface area contributed by atoms with Crippen LogP contribution in [0.2, 0.25) is 0 Å². The first kappa shape index (κ1) is 19.1. The van der Waals surface area contributed by atoms with E-state index in [-0.39, 0.29) is 17.6 Å². The van der Waals surface area contributed by atoms with Crippen LogP contribution in [0.25, 0.3) is 17.3 Å². The van der Waals surface area contributed by atoms with Crippen molar-refractivity contribution in [2.45, 2.75) is 38.6 Å². The Kier molecular flexibility index (Phi) is 4.78. The molecular weight excluding hydrogens is 392 g/mol. The number of aromatic nitrogens is 7. The molecule has 0 saturated heterocycles. The Hall–Kier alpha value is -3.88. The monoisotopic (exact) mass is 414 g/mol. The average Bonchev–Trinajstić information content (AvgIpc) is 3.30. The smallest absolute Gasteiger partial charge is 0.275 e. The minimum atomic E-state index is -0.341. The van der Waals surface area contributed by atoms with Crippen LogP contribution < -0.4 is 5.32 Å². The van der Waals surface area contributed by atoms with E-state index in [9.17, 15) is 4.79 Å². The lowest BCUT2D eigenvalue weighted by Crippen LogP contribution is -2.15. The summed E-state index contributed by atoms with van der Waals surface area (Å²) >= 11 is 0. The van der Waals surface area contributed by atoms with Gasteiger partial charge in [0.15, 0.2) is 5.82 Å². The zero-order chi connectivity index (χ0) is 21.4. The van der Waals surface area contributed by atoms with Crippen molar-refractivity contribution in [3.63, 3.8) is 0 Å². The quantitative estimate of drug-likeness (QED) is 0.517. The van der Waals surface area contributed by atoms with Crippen LogP contribution in [0, 0.1) is 0 Å². The Morgan fingerprint density at radius 1 is 1.10 bits per heavy atom. The van der Waals surface area contributed by atoms with Gasteiger partial charge in [0.25, 0.3) is 5.91 Å². The second-order valence-corrected chi connectivity index (χ2v) is 7.88. The van der Waals surface area contributed by atoms with Crippen molar-refractivity contribution in [3.05, 3.63) is 66.6 Å². The van der Waals surface area contributed by atoms with Crippen LogP contribution >= 0.6 is 0 Å². The molecule has 31 heavy (non-hydrogen) atoms. The van der Waals surface area contributed by atoms with Gasteiger partial charge in [-0.15, -0.1) is 10.2 Å². The Balaban J connectivity index is 1.36. The second-order valence-electron chi connectivity index (χ2n) is 7.88. The summed E-state index contributed by atoms with van der Waals surface area (Å²) in [6.45, 7) is 4.08. The van der Waals surface area contributed by atoms with Crippen LogP contribution in [-0.2, 0) is 0 Å². The first-order valence-corrected chi connectivity index (χ1v) is 10.3. The number of hydrogen-bond donors (Lipinski definition) is 1. The van der Waals surface area contributed by atoms with E-state index in [0.717, 1.165) is 5.69 Å². The summed E-state index contributed by atoms with van der Waals surface area (Å²) in [6, 6.07) is 10.9. The summed E-state index contributed by atoms with van der Waals surface area (Å²) in [5, 5.41) is 11.0. The molecule has 0 spiro atoms. The largest absolute Gasteiger partial charge is 0.310 e. The molecule has 1 aliphatic carbocycles. The van der Waals surface area contributed by atoms with Crippen molar-refractivity contribution in [1.29, 1.82) is 0 Å². The SMILES string of the molecule is CC(C)n1cnnc1-c1cccc(C(=O)Nc2cccc(-n3cnc(C4CC4)c3)n2)n1. The van der Waals surface area contributed by atoms with E-state index in [1.54, 1.807) is 30.9 Å². The molecule has 1 fully saturated rings. The number of pyridine rings is 2. The Labute approximate surface area is 179 Å². The third-order valence-corrected chi connectivity index (χ3v) is 5.18. The van der Waals surface area contributed by atoms with E-state index in [1.807, 2.05) is 47.4 Å². The number of anilines is 1. The fourth-order valence-electron chi connectivity index (χ4n) is 3.36. The molecule has 0 unspecified atom stereocenters. The first-order valence-electron chi connectivity index (χ1n) is 10.3. The highest BCUT2D eigenvalue weighted by molar-refractivity contribution is 6.02. The first-order chi connectivity index (χ1) is 15.1. The molecule has 4 heterocycles. The fraction of sp³-hybridized carbons (Fsp3) is 0.273. The van der Waals surface area contributed by atoms with Gasteiger partial charge < -0.3 is 9.88 Å². The van der Waals surface area contributed by atoms with Gasteiger partial charge in [-0.25, -0.2) is 15.0 Å². The summed E-state index contributed by atoms with van der Waals surface area (Å²) < 4.78 is 3.79. The van der Waals surface area contributed by atoms with E-state index >= 15 is 0 Å². The number of imidazole rings is 1. The molecule has 4 aromatic heterocycles. The predicted octanol–water partition coefficient (Wildman–Crippen LogP) is 3.63. The normalized spacial score (nSPS) is 13.5. The van der Waals surface area contributed by atoms with Gasteiger partial charge in [-0.1, -0.05) is 12.1 Å². The number of carbonyl (C=O) groups excluding carboxylic acids is 1. The van der Waals surface area contributed by atoms with Gasteiger partial charge in [0.2, 0.25) is 0 Å². The van der Waals surface area contributed by atoms with E-state index in [0.29, 0.717) is 29.1 Å². The zero-order valence-electron chi connectivity index (χ0n) is 17.3. The van der Waals surface area contributed by atoms with Crippen LogP contribution in [-0.4, -0.2) is 40.2 Å². The van der Waals surface area contributed by atoms with Gasteiger partial charge in [-0.3, -0.25) is 9.36 Å². The Morgan fingerprint density at radius 2 is 1.94 bits per heavy atom. The number of hydrogen-bond acceptors (Lipinski definition) is 6. The summed E-state index contributed by atoms with van der Waals surface area (Å²) in [7, 11) is 0. The molecule has 0 aromatic carbocycles. The van der Waals surface area contributed by atoms with Crippen LogP contribution in [0.4, 0.5) is 5.82 Å². The van der Waals surface area contributed by atoms with E-state index in [2.05, 4.69) is 30.5 Å². The zero-order valence-corrected chi connectivity index (χ0v) is 17.3. The molecule has 9 heteroatoms. The molecule has 0 radical (unpaired) electrons. The number of amides is 1.